The van der Waals surface area contributed by atoms with Crippen molar-refractivity contribution in [3.8, 4) is 0 Å². The highest BCUT2D eigenvalue weighted by Crippen LogP contribution is 2.31. The number of carbonyl (C=O) groups is 1. The maximum Gasteiger partial charge on any atom is 0.348 e. The van der Waals surface area contributed by atoms with Gasteiger partial charge in [0.05, 0.1) is 7.11 Å². The first-order valence-electron chi connectivity index (χ1n) is 7.57. The van der Waals surface area contributed by atoms with Crippen molar-refractivity contribution in [3.63, 3.8) is 0 Å². The summed E-state index contributed by atoms with van der Waals surface area (Å²) in [5.41, 5.74) is 1.20. The molecule has 0 unspecified atom stereocenters. The zero-order valence-corrected chi connectivity index (χ0v) is 13.1. The van der Waals surface area contributed by atoms with Crippen LogP contribution in [0.1, 0.15) is 47.3 Å². The number of methoxy groups -OCH3 is 1. The van der Waals surface area contributed by atoms with Gasteiger partial charge in [0.2, 0.25) is 0 Å². The van der Waals surface area contributed by atoms with E-state index in [9.17, 15) is 4.79 Å². The molecule has 1 aromatic heterocycles. The molecule has 0 atom stereocenters. The molecule has 0 radical (unpaired) electrons. The molecule has 0 saturated heterocycles. The Morgan fingerprint density at radius 1 is 1.29 bits per heavy atom. The molecule has 0 bridgehead atoms. The first-order valence-corrected chi connectivity index (χ1v) is 8.38. The van der Waals surface area contributed by atoms with Crippen LogP contribution < -0.4 is 0 Å². The van der Waals surface area contributed by atoms with Crippen LogP contribution >= 0.6 is 11.3 Å². The van der Waals surface area contributed by atoms with Crippen LogP contribution in [-0.4, -0.2) is 13.1 Å². The first kappa shape index (κ1) is 14.3. The zero-order valence-electron chi connectivity index (χ0n) is 12.3. The predicted octanol–water partition coefficient (Wildman–Crippen LogP) is 5.28. The van der Waals surface area contributed by atoms with Crippen molar-refractivity contribution in [2.24, 2.45) is 5.92 Å². The van der Waals surface area contributed by atoms with Gasteiger partial charge in [-0.2, -0.15) is 0 Å². The first-order chi connectivity index (χ1) is 10.3. The smallest absolute Gasteiger partial charge is 0.348 e. The van der Waals surface area contributed by atoms with E-state index in [1.54, 1.807) is 0 Å². The summed E-state index contributed by atoms with van der Waals surface area (Å²) in [6.45, 7) is 0. The van der Waals surface area contributed by atoms with Gasteiger partial charge >= 0.3 is 5.97 Å². The van der Waals surface area contributed by atoms with Crippen molar-refractivity contribution in [1.29, 1.82) is 0 Å². The monoisotopic (exact) mass is 300 g/mol. The Kier molecular flexibility index (Phi) is 4.39. The Labute approximate surface area is 129 Å². The number of fused-ring (bicyclic) bond motifs is 1. The van der Waals surface area contributed by atoms with Crippen molar-refractivity contribution >= 4 is 33.5 Å². The van der Waals surface area contributed by atoms with E-state index in [1.165, 1.54) is 56.1 Å². The molecule has 0 aliphatic heterocycles. The molecule has 2 aromatic rings. The summed E-state index contributed by atoms with van der Waals surface area (Å²) >= 11 is 1.50. The number of ether oxygens (including phenoxy) is 1. The summed E-state index contributed by atoms with van der Waals surface area (Å²) in [5, 5.41) is 1.15. The predicted molar refractivity (Wildman–Crippen MR) is 88.8 cm³/mol. The number of esters is 1. The van der Waals surface area contributed by atoms with Gasteiger partial charge in [-0.25, -0.2) is 4.79 Å². The lowest BCUT2D eigenvalue weighted by molar-refractivity contribution is 0.0606. The van der Waals surface area contributed by atoms with E-state index in [0.29, 0.717) is 10.8 Å². The molecule has 1 aromatic carbocycles. The van der Waals surface area contributed by atoms with Gasteiger partial charge in [0, 0.05) is 10.1 Å². The van der Waals surface area contributed by atoms with Gasteiger partial charge in [-0.3, -0.25) is 0 Å². The van der Waals surface area contributed by atoms with E-state index >= 15 is 0 Å². The average Bonchev–Trinajstić information content (AvgIpc) is 2.97. The summed E-state index contributed by atoms with van der Waals surface area (Å²) in [6, 6.07) is 8.19. The number of allylic oxidation sites excluding steroid dienone is 1. The van der Waals surface area contributed by atoms with E-state index in [0.717, 1.165) is 10.1 Å². The topological polar surface area (TPSA) is 26.3 Å². The maximum atomic E-state index is 11.7. The Morgan fingerprint density at radius 2 is 2.10 bits per heavy atom. The Bertz CT molecular complexity index is 663. The van der Waals surface area contributed by atoms with Crippen LogP contribution in [0.4, 0.5) is 0 Å². The van der Waals surface area contributed by atoms with Crippen LogP contribution in [0.2, 0.25) is 0 Å². The largest absolute Gasteiger partial charge is 0.465 e. The third-order valence-corrected chi connectivity index (χ3v) is 5.26. The molecule has 0 spiro atoms. The van der Waals surface area contributed by atoms with Crippen molar-refractivity contribution in [1.82, 2.24) is 0 Å². The van der Waals surface area contributed by atoms with Crippen LogP contribution in [0, 0.1) is 5.92 Å². The molecule has 110 valence electrons. The number of benzene rings is 1. The highest BCUT2D eigenvalue weighted by atomic mass is 32.1. The van der Waals surface area contributed by atoms with Gasteiger partial charge in [0.15, 0.2) is 0 Å². The lowest BCUT2D eigenvalue weighted by atomic mass is 9.88. The van der Waals surface area contributed by atoms with Crippen LogP contribution in [0.25, 0.3) is 16.2 Å². The summed E-state index contributed by atoms with van der Waals surface area (Å²) in [5.74, 6) is 0.464. The van der Waals surface area contributed by atoms with Crippen molar-refractivity contribution < 1.29 is 9.53 Å². The molecule has 1 heterocycles. The summed E-state index contributed by atoms with van der Waals surface area (Å²) in [4.78, 5) is 12.3. The second-order valence-corrected chi connectivity index (χ2v) is 6.70. The lowest BCUT2D eigenvalue weighted by Crippen LogP contribution is -2.02. The lowest BCUT2D eigenvalue weighted by Gasteiger charge is -2.17. The maximum absolute atomic E-state index is 11.7. The van der Waals surface area contributed by atoms with E-state index in [-0.39, 0.29) is 5.97 Å². The van der Waals surface area contributed by atoms with Crippen LogP contribution in [0.15, 0.2) is 30.3 Å². The Balaban J connectivity index is 1.89. The molecule has 3 rings (SSSR count). The fraction of sp³-hybridized carbons (Fsp3) is 0.389. The summed E-state index contributed by atoms with van der Waals surface area (Å²) < 4.78 is 5.95. The van der Waals surface area contributed by atoms with Crippen LogP contribution in [-0.2, 0) is 4.74 Å². The number of thiophene rings is 1. The van der Waals surface area contributed by atoms with Gasteiger partial charge in [-0.15, -0.1) is 11.3 Å². The third-order valence-electron chi connectivity index (χ3n) is 4.18. The molecule has 2 nitrogen and oxygen atoms in total. The minimum Gasteiger partial charge on any atom is -0.465 e. The normalized spacial score (nSPS) is 16.6. The molecule has 1 saturated carbocycles. The van der Waals surface area contributed by atoms with Crippen molar-refractivity contribution in [2.75, 3.05) is 7.11 Å². The summed E-state index contributed by atoms with van der Waals surface area (Å²) in [6.07, 6.45) is 11.3. The van der Waals surface area contributed by atoms with Gasteiger partial charge in [-0.1, -0.05) is 43.5 Å². The van der Waals surface area contributed by atoms with E-state index in [1.807, 2.05) is 6.07 Å². The molecule has 3 heteroatoms. The van der Waals surface area contributed by atoms with Crippen molar-refractivity contribution in [2.45, 2.75) is 32.1 Å². The number of rotatable bonds is 3. The minimum atomic E-state index is -0.251. The fourth-order valence-corrected chi connectivity index (χ4v) is 4.01. The molecular weight excluding hydrogens is 280 g/mol. The van der Waals surface area contributed by atoms with Gasteiger partial charge in [0.25, 0.3) is 0 Å². The van der Waals surface area contributed by atoms with E-state index in [2.05, 4.69) is 30.4 Å². The molecule has 1 fully saturated rings. The third kappa shape index (κ3) is 3.18. The quantitative estimate of drug-likeness (QED) is 0.721. The second kappa shape index (κ2) is 6.44. The standard InChI is InChI=1S/C18H20O2S/c1-20-18(19)17-12-15-14(8-5-9-16(15)21-17)11-10-13-6-3-2-4-7-13/h5,8-13H,2-4,6-7H2,1H3/b11-10+. The second-order valence-electron chi connectivity index (χ2n) is 5.62. The van der Waals surface area contributed by atoms with E-state index in [4.69, 9.17) is 4.74 Å². The number of hydrogen-bond donors (Lipinski definition) is 0. The highest BCUT2D eigenvalue weighted by Gasteiger charge is 2.13. The van der Waals surface area contributed by atoms with Gasteiger partial charge in [-0.05, 0) is 36.5 Å². The number of carbonyl (C=O) groups excluding carboxylic acids is 1. The fourth-order valence-electron chi connectivity index (χ4n) is 3.00. The molecule has 0 N–H and O–H groups in total. The van der Waals surface area contributed by atoms with Gasteiger partial charge < -0.3 is 4.74 Å². The zero-order chi connectivity index (χ0) is 14.7. The molecular formula is C18H20O2S. The van der Waals surface area contributed by atoms with Crippen molar-refractivity contribution in [3.05, 3.63) is 40.8 Å². The van der Waals surface area contributed by atoms with Gasteiger partial charge in [0.1, 0.15) is 4.88 Å². The summed E-state index contributed by atoms with van der Waals surface area (Å²) in [7, 11) is 1.43. The molecule has 0 amide bonds. The minimum absolute atomic E-state index is 0.251. The molecule has 1 aliphatic carbocycles. The Morgan fingerprint density at radius 3 is 2.86 bits per heavy atom. The van der Waals surface area contributed by atoms with Crippen LogP contribution in [0.3, 0.4) is 0 Å². The number of hydrogen-bond acceptors (Lipinski definition) is 3. The SMILES string of the molecule is COC(=O)c1cc2c(/C=C/C3CCCCC3)cccc2s1. The van der Waals surface area contributed by atoms with E-state index < -0.39 is 0 Å². The molecule has 1 aliphatic rings. The van der Waals surface area contributed by atoms with Crippen LogP contribution in [0.5, 0.6) is 0 Å². The highest BCUT2D eigenvalue weighted by molar-refractivity contribution is 7.20. The average molecular weight is 300 g/mol. The molecule has 21 heavy (non-hydrogen) atoms. The Hall–Kier alpha value is -1.61.